The van der Waals surface area contributed by atoms with Crippen molar-refractivity contribution < 1.29 is 5.21 Å². The molecule has 1 heterocycles. The summed E-state index contributed by atoms with van der Waals surface area (Å²) in [7, 11) is 0. The number of unbranched alkanes of at least 4 members (excludes halogenated alkanes) is 3. The Bertz CT molecular complexity index is 618. The van der Waals surface area contributed by atoms with Crippen LogP contribution >= 0.6 is 0 Å². The zero-order valence-corrected chi connectivity index (χ0v) is 23.2. The summed E-state index contributed by atoms with van der Waals surface area (Å²) in [5.74, 6) is 0.322. The fourth-order valence-electron chi connectivity index (χ4n) is 5.72. The van der Waals surface area contributed by atoms with E-state index in [-0.39, 0.29) is 11.1 Å². The predicted octanol–water partition coefficient (Wildman–Crippen LogP) is 7.43. The van der Waals surface area contributed by atoms with E-state index in [9.17, 15) is 5.21 Å². The van der Waals surface area contributed by atoms with Gasteiger partial charge in [0.1, 0.15) is 0 Å². The van der Waals surface area contributed by atoms with Crippen molar-refractivity contribution in [2.24, 2.45) is 0 Å². The molecule has 1 aliphatic heterocycles. The van der Waals surface area contributed by atoms with Crippen molar-refractivity contribution in [3.8, 4) is 0 Å². The molecule has 0 spiro atoms. The van der Waals surface area contributed by atoms with Crippen molar-refractivity contribution in [2.45, 2.75) is 124 Å². The molecule has 0 bridgehead atoms. The molecule has 2 rings (SSSR count). The van der Waals surface area contributed by atoms with Gasteiger partial charge in [0.15, 0.2) is 0 Å². The van der Waals surface area contributed by atoms with Crippen LogP contribution in [-0.4, -0.2) is 34.5 Å². The van der Waals surface area contributed by atoms with E-state index in [1.165, 1.54) is 62.5 Å². The van der Waals surface area contributed by atoms with Crippen LogP contribution in [0.3, 0.4) is 0 Å². The molecule has 3 heteroatoms. The van der Waals surface area contributed by atoms with Crippen molar-refractivity contribution in [3.63, 3.8) is 0 Å². The van der Waals surface area contributed by atoms with Crippen LogP contribution in [0.15, 0.2) is 24.3 Å². The van der Waals surface area contributed by atoms with E-state index in [2.05, 4.69) is 72.7 Å². The minimum atomic E-state index is -2.43. The summed E-state index contributed by atoms with van der Waals surface area (Å²) in [5, 5.41) is 14.3. The quantitative estimate of drug-likeness (QED) is 0.286. The first-order valence-corrected chi connectivity index (χ1v) is 19.7. The summed E-state index contributed by atoms with van der Waals surface area (Å²) < 4.78 is 6.25. The summed E-state index contributed by atoms with van der Waals surface area (Å²) in [6.45, 7) is 15.6. The standard InChI is InChI=1S/C14H19NO.3C4H9.Sn/c1-13(2)10-12(14(3,4)15(13)16)11-8-6-5-7-9-11;3*1-3-4-2;/h5-6,8-9,12H,10H2,1-4H3;3*1,3-4H2,2H3;. The van der Waals surface area contributed by atoms with Crippen LogP contribution in [-0.2, 0) is 5.21 Å². The molecule has 1 aliphatic rings. The van der Waals surface area contributed by atoms with Gasteiger partial charge in [-0.15, -0.1) is 0 Å². The third kappa shape index (κ3) is 5.60. The van der Waals surface area contributed by atoms with Gasteiger partial charge in [-0.3, -0.25) is 0 Å². The van der Waals surface area contributed by atoms with Gasteiger partial charge in [-0.05, 0) is 0 Å². The molecule has 1 aromatic carbocycles. The summed E-state index contributed by atoms with van der Waals surface area (Å²) in [4.78, 5) is 0. The van der Waals surface area contributed by atoms with E-state index >= 15 is 0 Å². The number of nitrogens with zero attached hydrogens (tertiary/aromatic N) is 1. The Balaban J connectivity index is 2.45. The normalized spacial score (nSPS) is 21.6. The molecule has 0 amide bonds. The molecule has 2 nitrogen and oxygen atoms in total. The van der Waals surface area contributed by atoms with Crippen LogP contribution in [0.2, 0.25) is 13.3 Å². The first kappa shape index (κ1) is 25.2. The van der Waals surface area contributed by atoms with Crippen LogP contribution < -0.4 is 3.58 Å². The predicted molar refractivity (Wildman–Crippen MR) is 129 cm³/mol. The van der Waals surface area contributed by atoms with E-state index in [4.69, 9.17) is 0 Å². The molecule has 1 saturated heterocycles. The molecule has 1 fully saturated rings. The van der Waals surface area contributed by atoms with Crippen molar-refractivity contribution in [1.82, 2.24) is 5.06 Å². The molecular formula is C26H46NOSn. The first-order valence-electron chi connectivity index (χ1n) is 12.2. The second-order valence-electron chi connectivity index (χ2n) is 10.7. The van der Waals surface area contributed by atoms with E-state index in [1.807, 2.05) is 0 Å². The SMILES string of the molecule is CCC[CH2][Sn]([CH2]CCC)([CH2]CCC)[c]1cccc(C2CC(C)(C)N([O])C2(C)C)c1. The maximum atomic E-state index is 13.0. The Labute approximate surface area is 185 Å². The van der Waals surface area contributed by atoms with Gasteiger partial charge in [0.05, 0.1) is 0 Å². The Morgan fingerprint density at radius 2 is 1.45 bits per heavy atom. The summed E-state index contributed by atoms with van der Waals surface area (Å²) >= 11 is -2.43. The molecular weight excluding hydrogens is 461 g/mol. The molecule has 29 heavy (non-hydrogen) atoms. The van der Waals surface area contributed by atoms with Crippen LogP contribution in [0.4, 0.5) is 0 Å². The van der Waals surface area contributed by atoms with Gasteiger partial charge < -0.3 is 0 Å². The van der Waals surface area contributed by atoms with E-state index in [0.717, 1.165) is 6.42 Å². The third-order valence-corrected chi connectivity index (χ3v) is 23.2. The minimum absolute atomic E-state index is 0.281. The fraction of sp³-hybridized carbons (Fsp3) is 0.769. The fourth-order valence-corrected chi connectivity index (χ4v) is 21.8. The number of benzene rings is 1. The van der Waals surface area contributed by atoms with Crippen molar-refractivity contribution in [1.29, 1.82) is 0 Å². The monoisotopic (exact) mass is 508 g/mol. The van der Waals surface area contributed by atoms with Crippen molar-refractivity contribution in [3.05, 3.63) is 29.8 Å². The molecule has 165 valence electrons. The summed E-state index contributed by atoms with van der Waals surface area (Å²) in [6, 6.07) is 9.68. The third-order valence-electron chi connectivity index (χ3n) is 7.56. The zero-order valence-electron chi connectivity index (χ0n) is 20.3. The van der Waals surface area contributed by atoms with E-state index in [1.54, 1.807) is 3.58 Å². The van der Waals surface area contributed by atoms with Gasteiger partial charge in [-0.1, -0.05) is 0 Å². The molecule has 0 N–H and O–H groups in total. The maximum absolute atomic E-state index is 13.0. The number of hydrogen-bond acceptors (Lipinski definition) is 1. The van der Waals surface area contributed by atoms with E-state index < -0.39 is 18.4 Å². The zero-order chi connectivity index (χ0) is 21.7. The number of rotatable bonds is 11. The topological polar surface area (TPSA) is 23.1 Å². The molecule has 1 radical (unpaired) electrons. The summed E-state index contributed by atoms with van der Waals surface area (Å²) in [5.41, 5.74) is 0.803. The van der Waals surface area contributed by atoms with Crippen LogP contribution in [0.5, 0.6) is 0 Å². The van der Waals surface area contributed by atoms with Gasteiger partial charge in [-0.2, -0.15) is 0 Å². The van der Waals surface area contributed by atoms with Crippen LogP contribution in [0, 0.1) is 0 Å². The van der Waals surface area contributed by atoms with Crippen LogP contribution in [0.1, 0.15) is 105 Å². The van der Waals surface area contributed by atoms with Crippen molar-refractivity contribution >= 4 is 22.0 Å². The van der Waals surface area contributed by atoms with Gasteiger partial charge in [-0.25, -0.2) is 0 Å². The van der Waals surface area contributed by atoms with Gasteiger partial charge in [0.25, 0.3) is 0 Å². The van der Waals surface area contributed by atoms with Gasteiger partial charge in [0.2, 0.25) is 0 Å². The first-order chi connectivity index (χ1) is 13.6. The van der Waals surface area contributed by atoms with Gasteiger partial charge >= 0.3 is 186 Å². The Hall–Kier alpha value is -0.0613. The molecule has 1 unspecified atom stereocenters. The molecule has 1 atom stereocenters. The second kappa shape index (κ2) is 10.5. The Kier molecular flexibility index (Phi) is 9.13. The molecule has 0 aromatic heterocycles. The number of hydroxylamine groups is 2. The molecule has 0 aliphatic carbocycles. The molecule has 1 aromatic rings. The average molecular weight is 507 g/mol. The Morgan fingerprint density at radius 1 is 0.931 bits per heavy atom. The van der Waals surface area contributed by atoms with Crippen LogP contribution in [0.25, 0.3) is 0 Å². The average Bonchev–Trinajstić information content (AvgIpc) is 2.87. The second-order valence-corrected chi connectivity index (χ2v) is 24.0. The van der Waals surface area contributed by atoms with Crippen molar-refractivity contribution in [2.75, 3.05) is 0 Å². The molecule has 0 saturated carbocycles. The number of hydrogen-bond donors (Lipinski definition) is 0. The summed E-state index contributed by atoms with van der Waals surface area (Å²) in [6.07, 6.45) is 9.06. The van der Waals surface area contributed by atoms with Gasteiger partial charge in [0, 0.05) is 0 Å². The van der Waals surface area contributed by atoms with E-state index in [0.29, 0.717) is 5.92 Å². The Morgan fingerprint density at radius 3 is 1.86 bits per heavy atom.